The van der Waals surface area contributed by atoms with Gasteiger partial charge in [0.2, 0.25) is 5.91 Å². The van der Waals surface area contributed by atoms with Gasteiger partial charge in [-0.1, -0.05) is 19.1 Å². The summed E-state index contributed by atoms with van der Waals surface area (Å²) in [5, 5.41) is 2.91. The number of anilines is 1. The minimum Gasteiger partial charge on any atom is -0.339 e. The maximum atomic E-state index is 12.7. The number of halogens is 3. The Kier molecular flexibility index (Phi) is 6.25. The summed E-state index contributed by atoms with van der Waals surface area (Å²) in [7, 11) is 0. The van der Waals surface area contributed by atoms with Gasteiger partial charge in [-0.3, -0.25) is 9.59 Å². The standard InChI is InChI=1S/C22H23F3N2O2/c1-2-15-3-9-19(10-4-15)26-20(28)16-11-13-27(14-12-16)21(29)17-5-7-18(8-6-17)22(23,24)25/h3-10,16H,2,11-14H2,1H3,(H,26,28). The molecule has 0 atom stereocenters. The highest BCUT2D eigenvalue weighted by molar-refractivity contribution is 5.95. The number of nitrogens with one attached hydrogen (secondary N) is 1. The van der Waals surface area contributed by atoms with Gasteiger partial charge in [0.05, 0.1) is 5.56 Å². The number of hydrogen-bond acceptors (Lipinski definition) is 2. The zero-order chi connectivity index (χ0) is 21.0. The van der Waals surface area contributed by atoms with Gasteiger partial charge in [-0.2, -0.15) is 13.2 Å². The number of likely N-dealkylation sites (tertiary alicyclic amines) is 1. The smallest absolute Gasteiger partial charge is 0.339 e. The second-order valence-corrected chi connectivity index (χ2v) is 7.18. The number of alkyl halides is 3. The lowest BCUT2D eigenvalue weighted by Crippen LogP contribution is -2.41. The molecule has 1 aliphatic rings. The number of benzene rings is 2. The Bertz CT molecular complexity index is 853. The molecule has 0 bridgehead atoms. The summed E-state index contributed by atoms with van der Waals surface area (Å²) in [6, 6.07) is 11.9. The van der Waals surface area contributed by atoms with E-state index in [1.807, 2.05) is 24.3 Å². The van der Waals surface area contributed by atoms with Crippen molar-refractivity contribution in [2.45, 2.75) is 32.4 Å². The lowest BCUT2D eigenvalue weighted by molar-refractivity contribution is -0.137. The van der Waals surface area contributed by atoms with Gasteiger partial charge in [0.25, 0.3) is 5.91 Å². The number of nitrogens with zero attached hydrogens (tertiary/aromatic N) is 1. The fourth-order valence-corrected chi connectivity index (χ4v) is 3.40. The van der Waals surface area contributed by atoms with Gasteiger partial charge in [-0.25, -0.2) is 0 Å². The predicted molar refractivity (Wildman–Crippen MR) is 105 cm³/mol. The molecule has 0 spiro atoms. The first-order valence-electron chi connectivity index (χ1n) is 9.64. The summed E-state index contributed by atoms with van der Waals surface area (Å²) >= 11 is 0. The van der Waals surface area contributed by atoms with Crippen LogP contribution >= 0.6 is 0 Å². The van der Waals surface area contributed by atoms with E-state index in [9.17, 15) is 22.8 Å². The summed E-state index contributed by atoms with van der Waals surface area (Å²) < 4.78 is 38.0. The largest absolute Gasteiger partial charge is 0.416 e. The predicted octanol–water partition coefficient (Wildman–Crippen LogP) is 4.76. The third-order valence-corrected chi connectivity index (χ3v) is 5.24. The molecule has 29 heavy (non-hydrogen) atoms. The lowest BCUT2D eigenvalue weighted by Gasteiger charge is -2.31. The number of carbonyl (C=O) groups is 2. The van der Waals surface area contributed by atoms with Gasteiger partial charge in [-0.15, -0.1) is 0 Å². The molecule has 1 aliphatic heterocycles. The first kappa shape index (κ1) is 20.9. The van der Waals surface area contributed by atoms with Crippen molar-refractivity contribution < 1.29 is 22.8 Å². The van der Waals surface area contributed by atoms with Crippen molar-refractivity contribution in [1.29, 1.82) is 0 Å². The number of rotatable bonds is 4. The van der Waals surface area contributed by atoms with E-state index in [-0.39, 0.29) is 23.3 Å². The highest BCUT2D eigenvalue weighted by Crippen LogP contribution is 2.29. The normalized spacial score (nSPS) is 15.2. The van der Waals surface area contributed by atoms with E-state index in [0.717, 1.165) is 24.2 Å². The highest BCUT2D eigenvalue weighted by atomic mass is 19.4. The second-order valence-electron chi connectivity index (χ2n) is 7.18. The summed E-state index contributed by atoms with van der Waals surface area (Å²) in [4.78, 5) is 26.6. The van der Waals surface area contributed by atoms with Crippen LogP contribution in [0.4, 0.5) is 18.9 Å². The Morgan fingerprint density at radius 1 is 1.00 bits per heavy atom. The van der Waals surface area contributed by atoms with Gasteiger partial charge < -0.3 is 10.2 Å². The molecule has 4 nitrogen and oxygen atoms in total. The molecule has 3 rings (SSSR count). The molecule has 2 aromatic rings. The van der Waals surface area contributed by atoms with Crippen LogP contribution in [-0.2, 0) is 17.4 Å². The fraction of sp³-hybridized carbons (Fsp3) is 0.364. The van der Waals surface area contributed by atoms with Crippen molar-refractivity contribution >= 4 is 17.5 Å². The van der Waals surface area contributed by atoms with Crippen LogP contribution in [0.1, 0.15) is 41.3 Å². The average Bonchev–Trinajstić information content (AvgIpc) is 2.73. The molecule has 0 aliphatic carbocycles. The lowest BCUT2D eigenvalue weighted by atomic mass is 9.95. The Labute approximate surface area is 167 Å². The number of carbonyl (C=O) groups excluding carboxylic acids is 2. The van der Waals surface area contributed by atoms with Gasteiger partial charge in [0, 0.05) is 30.3 Å². The van der Waals surface area contributed by atoms with Crippen molar-refractivity contribution in [3.63, 3.8) is 0 Å². The average molecular weight is 404 g/mol. The zero-order valence-corrected chi connectivity index (χ0v) is 16.1. The molecule has 7 heteroatoms. The molecular formula is C22H23F3N2O2. The van der Waals surface area contributed by atoms with E-state index in [1.165, 1.54) is 17.7 Å². The molecule has 154 valence electrons. The highest BCUT2D eigenvalue weighted by Gasteiger charge is 2.31. The molecule has 0 unspecified atom stereocenters. The van der Waals surface area contributed by atoms with E-state index >= 15 is 0 Å². The minimum absolute atomic E-state index is 0.0733. The molecule has 1 saturated heterocycles. The molecule has 1 heterocycles. The Balaban J connectivity index is 1.54. The van der Waals surface area contributed by atoms with E-state index < -0.39 is 11.7 Å². The van der Waals surface area contributed by atoms with Gasteiger partial charge in [0.1, 0.15) is 0 Å². The molecule has 0 saturated carbocycles. The quantitative estimate of drug-likeness (QED) is 0.799. The van der Waals surface area contributed by atoms with Crippen LogP contribution < -0.4 is 5.32 Å². The number of aryl methyl sites for hydroxylation is 1. The second kappa shape index (κ2) is 8.68. The van der Waals surface area contributed by atoms with Crippen molar-refractivity contribution in [2.24, 2.45) is 5.92 Å². The number of hydrogen-bond donors (Lipinski definition) is 1. The van der Waals surface area contributed by atoms with Crippen LogP contribution in [0, 0.1) is 5.92 Å². The van der Waals surface area contributed by atoms with Crippen LogP contribution in [0.15, 0.2) is 48.5 Å². The Morgan fingerprint density at radius 3 is 2.10 bits per heavy atom. The number of amides is 2. The third-order valence-electron chi connectivity index (χ3n) is 5.24. The van der Waals surface area contributed by atoms with Gasteiger partial charge in [-0.05, 0) is 61.2 Å². The third kappa shape index (κ3) is 5.16. The topological polar surface area (TPSA) is 49.4 Å². The van der Waals surface area contributed by atoms with Crippen molar-refractivity contribution in [3.8, 4) is 0 Å². The molecule has 2 aromatic carbocycles. The van der Waals surface area contributed by atoms with Crippen LogP contribution in [-0.4, -0.2) is 29.8 Å². The van der Waals surface area contributed by atoms with Crippen LogP contribution in [0.5, 0.6) is 0 Å². The van der Waals surface area contributed by atoms with E-state index in [0.29, 0.717) is 25.9 Å². The summed E-state index contributed by atoms with van der Waals surface area (Å²) in [5.74, 6) is -0.582. The van der Waals surface area contributed by atoms with Crippen LogP contribution in [0.25, 0.3) is 0 Å². The summed E-state index contributed by atoms with van der Waals surface area (Å²) in [5.41, 5.74) is 1.38. The fourth-order valence-electron chi connectivity index (χ4n) is 3.40. The SMILES string of the molecule is CCc1ccc(NC(=O)C2CCN(C(=O)c3ccc(C(F)(F)F)cc3)CC2)cc1. The Morgan fingerprint density at radius 2 is 1.59 bits per heavy atom. The number of piperidine rings is 1. The minimum atomic E-state index is -4.43. The van der Waals surface area contributed by atoms with E-state index in [4.69, 9.17) is 0 Å². The van der Waals surface area contributed by atoms with Crippen molar-refractivity contribution in [3.05, 3.63) is 65.2 Å². The van der Waals surface area contributed by atoms with Crippen LogP contribution in [0.3, 0.4) is 0 Å². The van der Waals surface area contributed by atoms with E-state index in [1.54, 1.807) is 4.90 Å². The van der Waals surface area contributed by atoms with Crippen molar-refractivity contribution in [1.82, 2.24) is 4.90 Å². The van der Waals surface area contributed by atoms with Gasteiger partial charge in [0.15, 0.2) is 0 Å². The summed E-state index contributed by atoms with van der Waals surface area (Å²) in [6.07, 6.45) is -2.46. The molecular weight excluding hydrogens is 381 g/mol. The monoisotopic (exact) mass is 404 g/mol. The first-order chi connectivity index (χ1) is 13.8. The molecule has 1 fully saturated rings. The maximum absolute atomic E-state index is 12.7. The van der Waals surface area contributed by atoms with E-state index in [2.05, 4.69) is 12.2 Å². The first-order valence-corrected chi connectivity index (χ1v) is 9.64. The molecule has 2 amide bonds. The molecule has 0 aromatic heterocycles. The maximum Gasteiger partial charge on any atom is 0.416 e. The Hall–Kier alpha value is -2.83. The molecule has 1 N–H and O–H groups in total. The summed E-state index contributed by atoms with van der Waals surface area (Å²) in [6.45, 7) is 2.85. The van der Waals surface area contributed by atoms with Crippen LogP contribution in [0.2, 0.25) is 0 Å². The molecule has 0 radical (unpaired) electrons. The van der Waals surface area contributed by atoms with Gasteiger partial charge >= 0.3 is 6.18 Å². The van der Waals surface area contributed by atoms with Crippen molar-refractivity contribution in [2.75, 3.05) is 18.4 Å². The zero-order valence-electron chi connectivity index (χ0n) is 16.1.